The monoisotopic (exact) mass is 613 g/mol. The van der Waals surface area contributed by atoms with Crippen molar-refractivity contribution in [3.05, 3.63) is 56.9 Å². The van der Waals surface area contributed by atoms with Crippen LogP contribution in [0.5, 0.6) is 0 Å². The van der Waals surface area contributed by atoms with Crippen LogP contribution >= 0.6 is 0 Å². The van der Waals surface area contributed by atoms with Crippen LogP contribution in [-0.4, -0.2) is 64.2 Å². The standard InChI is InChI=1S/C15H7F6NO4S2.C11H24N/c16-14(17,18)27(23,24)11-6-9-8-4-2-1-3-7(8)5-10(9)12(22)13(11)28(25,26)15(19,20)21;1-3-5-9-12(8-4-2)10-6-7-11-12/h1-6,22H;3-11H2,1-2H3/q;+1. The van der Waals surface area contributed by atoms with Crippen LogP contribution in [0, 0.1) is 5.41 Å². The molecule has 3 aliphatic rings. The van der Waals surface area contributed by atoms with Crippen LogP contribution in [0.3, 0.4) is 0 Å². The van der Waals surface area contributed by atoms with Crippen LogP contribution in [-0.2, 0) is 19.7 Å². The SMILES string of the molecule is CCCC[N+]1(CCC)CCCC1.N=C1C2=Cc3ccccc3C2=CC(S(=O)(=O)C(F)(F)F)=C1S(=O)(=O)C(F)(F)F. The van der Waals surface area contributed by atoms with Gasteiger partial charge in [0.25, 0.3) is 19.7 Å². The summed E-state index contributed by atoms with van der Waals surface area (Å²) in [5, 5.41) is 7.82. The Labute approximate surface area is 230 Å². The number of halogens is 6. The van der Waals surface area contributed by atoms with E-state index in [4.69, 9.17) is 5.41 Å². The third-order valence-electron chi connectivity index (χ3n) is 7.20. The maximum absolute atomic E-state index is 13.0. The van der Waals surface area contributed by atoms with E-state index in [-0.39, 0.29) is 22.8 Å². The molecule has 1 aromatic carbocycles. The smallest absolute Gasteiger partial charge is 0.324 e. The van der Waals surface area contributed by atoms with Crippen molar-refractivity contribution in [2.24, 2.45) is 0 Å². The van der Waals surface area contributed by atoms with Gasteiger partial charge in [-0.05, 0) is 41.7 Å². The van der Waals surface area contributed by atoms with Crippen LogP contribution in [0.1, 0.15) is 57.1 Å². The zero-order valence-electron chi connectivity index (χ0n) is 22.0. The molecule has 0 aromatic heterocycles. The highest BCUT2D eigenvalue weighted by Gasteiger charge is 2.57. The van der Waals surface area contributed by atoms with Crippen molar-refractivity contribution >= 4 is 37.0 Å². The number of allylic oxidation sites excluding steroid dienone is 4. The molecule has 1 fully saturated rings. The molecule has 0 saturated carbocycles. The van der Waals surface area contributed by atoms with Gasteiger partial charge in [0.15, 0.2) is 0 Å². The Morgan fingerprint density at radius 1 is 0.800 bits per heavy atom. The summed E-state index contributed by atoms with van der Waals surface area (Å²) in [7, 11) is -13.1. The van der Waals surface area contributed by atoms with Crippen LogP contribution < -0.4 is 0 Å². The van der Waals surface area contributed by atoms with Gasteiger partial charge in [0.05, 0.1) is 36.8 Å². The van der Waals surface area contributed by atoms with Gasteiger partial charge >= 0.3 is 11.0 Å². The highest BCUT2D eigenvalue weighted by atomic mass is 32.2. The molecule has 14 heteroatoms. The predicted molar refractivity (Wildman–Crippen MR) is 141 cm³/mol. The summed E-state index contributed by atoms with van der Waals surface area (Å²) in [6.07, 6.45) is 8.43. The van der Waals surface area contributed by atoms with Crippen LogP contribution in [0.25, 0.3) is 11.6 Å². The number of rotatable bonds is 7. The van der Waals surface area contributed by atoms with Gasteiger partial charge < -0.3 is 4.48 Å². The molecule has 1 saturated heterocycles. The molecule has 0 bridgehead atoms. The first-order valence-electron chi connectivity index (χ1n) is 12.8. The van der Waals surface area contributed by atoms with E-state index < -0.39 is 51.8 Å². The Kier molecular flexibility index (Phi) is 9.17. The lowest BCUT2D eigenvalue weighted by Gasteiger charge is -2.34. The lowest BCUT2D eigenvalue weighted by atomic mass is 9.95. The normalized spacial score (nSPS) is 18.9. The molecule has 0 amide bonds. The van der Waals surface area contributed by atoms with E-state index in [1.54, 1.807) is 0 Å². The van der Waals surface area contributed by atoms with Gasteiger partial charge in [-0.15, -0.1) is 0 Å². The maximum Gasteiger partial charge on any atom is 0.502 e. The van der Waals surface area contributed by atoms with E-state index in [2.05, 4.69) is 13.8 Å². The van der Waals surface area contributed by atoms with E-state index in [1.165, 1.54) is 87.0 Å². The number of hydrogen-bond acceptors (Lipinski definition) is 5. The lowest BCUT2D eigenvalue weighted by Crippen LogP contribution is -2.46. The summed E-state index contributed by atoms with van der Waals surface area (Å²) in [5.74, 6) is 0. The number of nitrogens with one attached hydrogen (secondary N) is 1. The quantitative estimate of drug-likeness (QED) is 0.285. The van der Waals surface area contributed by atoms with Gasteiger partial charge in [-0.3, -0.25) is 5.41 Å². The molecule has 40 heavy (non-hydrogen) atoms. The number of sulfone groups is 2. The minimum Gasteiger partial charge on any atom is -0.324 e. The number of quaternary nitrogens is 1. The van der Waals surface area contributed by atoms with Gasteiger partial charge in [-0.1, -0.05) is 44.5 Å². The molecule has 0 spiro atoms. The van der Waals surface area contributed by atoms with Crippen molar-refractivity contribution < 1.29 is 47.7 Å². The molecule has 0 unspecified atom stereocenters. The Hall–Kier alpha value is -2.45. The van der Waals surface area contributed by atoms with Gasteiger partial charge in [-0.25, -0.2) is 16.8 Å². The Balaban J connectivity index is 0.000000307. The van der Waals surface area contributed by atoms with E-state index in [9.17, 15) is 43.2 Å². The molecule has 2 aliphatic carbocycles. The van der Waals surface area contributed by atoms with Gasteiger partial charge in [0, 0.05) is 18.4 Å². The fourth-order valence-electron chi connectivity index (χ4n) is 5.29. The topological polar surface area (TPSA) is 92.1 Å². The van der Waals surface area contributed by atoms with Crippen molar-refractivity contribution in [1.29, 1.82) is 5.41 Å². The first-order valence-corrected chi connectivity index (χ1v) is 15.7. The number of hydrogen-bond donors (Lipinski definition) is 1. The van der Waals surface area contributed by atoms with Crippen LogP contribution in [0.15, 0.2) is 45.7 Å². The Morgan fingerprint density at radius 2 is 1.38 bits per heavy atom. The second-order valence-corrected chi connectivity index (χ2v) is 13.8. The molecular formula is C26H31F6N2O4S2+. The fourth-order valence-corrected chi connectivity index (χ4v) is 7.75. The first-order chi connectivity index (χ1) is 18.4. The number of benzene rings is 1. The highest BCUT2D eigenvalue weighted by molar-refractivity contribution is 8.00. The Bertz CT molecular complexity index is 1460. The van der Waals surface area contributed by atoms with Gasteiger partial charge in [0.2, 0.25) is 0 Å². The van der Waals surface area contributed by atoms with Crippen LogP contribution in [0.2, 0.25) is 0 Å². The molecule has 1 aliphatic heterocycles. The largest absolute Gasteiger partial charge is 0.502 e. The average molecular weight is 614 g/mol. The number of likely N-dealkylation sites (tertiary alicyclic amines) is 1. The highest BCUT2D eigenvalue weighted by Crippen LogP contribution is 2.47. The second-order valence-electron chi connectivity index (χ2n) is 9.97. The molecule has 0 atom stereocenters. The van der Waals surface area contributed by atoms with Crippen molar-refractivity contribution in [3.8, 4) is 0 Å². The third-order valence-corrected chi connectivity index (χ3v) is 10.4. The summed E-state index contributed by atoms with van der Waals surface area (Å²) in [6.45, 7) is 10.4. The average Bonchev–Trinajstić information content (AvgIpc) is 3.47. The van der Waals surface area contributed by atoms with Crippen molar-refractivity contribution in [2.75, 3.05) is 26.2 Å². The van der Waals surface area contributed by atoms with Crippen molar-refractivity contribution in [1.82, 2.24) is 0 Å². The van der Waals surface area contributed by atoms with Gasteiger partial charge in [-0.2, -0.15) is 26.3 Å². The summed E-state index contributed by atoms with van der Waals surface area (Å²) in [6, 6.07) is 5.69. The maximum atomic E-state index is 13.0. The number of fused-ring (bicyclic) bond motifs is 3. The van der Waals surface area contributed by atoms with E-state index >= 15 is 0 Å². The number of unbranched alkanes of at least 4 members (excludes halogenated alkanes) is 1. The summed E-state index contributed by atoms with van der Waals surface area (Å²) < 4.78 is 127. The Morgan fingerprint density at radius 3 is 1.90 bits per heavy atom. The number of alkyl halides is 6. The lowest BCUT2D eigenvalue weighted by molar-refractivity contribution is -0.917. The molecule has 4 rings (SSSR count). The van der Waals surface area contributed by atoms with E-state index in [0.717, 1.165) is 6.08 Å². The third kappa shape index (κ3) is 5.94. The van der Waals surface area contributed by atoms with Crippen molar-refractivity contribution in [3.63, 3.8) is 0 Å². The summed E-state index contributed by atoms with van der Waals surface area (Å²) in [5.41, 5.74) is -13.9. The molecule has 1 heterocycles. The summed E-state index contributed by atoms with van der Waals surface area (Å²) >= 11 is 0. The molecule has 6 nitrogen and oxygen atoms in total. The molecule has 222 valence electrons. The van der Waals surface area contributed by atoms with Crippen LogP contribution in [0.4, 0.5) is 26.3 Å². The minimum atomic E-state index is -6.58. The van der Waals surface area contributed by atoms with Crippen molar-refractivity contribution in [2.45, 2.75) is 57.0 Å². The zero-order chi connectivity index (χ0) is 30.1. The molecule has 0 radical (unpaired) electrons. The zero-order valence-corrected chi connectivity index (χ0v) is 23.6. The molecule has 1 aromatic rings. The van der Waals surface area contributed by atoms with Gasteiger partial charge in [0.1, 0.15) is 4.91 Å². The number of nitrogens with zero attached hydrogens (tertiary/aromatic N) is 1. The predicted octanol–water partition coefficient (Wildman–Crippen LogP) is 6.39. The van der Waals surface area contributed by atoms with E-state index in [0.29, 0.717) is 0 Å². The molecule has 1 N–H and O–H groups in total. The second kappa shape index (κ2) is 11.4. The first kappa shape index (κ1) is 32.1. The molecular weight excluding hydrogens is 582 g/mol. The fraction of sp³-hybridized carbons (Fsp3) is 0.500. The minimum absolute atomic E-state index is 0.153. The van der Waals surface area contributed by atoms with E-state index in [1.807, 2.05) is 0 Å². The summed E-state index contributed by atoms with van der Waals surface area (Å²) in [4.78, 5) is -4.38.